The van der Waals surface area contributed by atoms with Crippen molar-refractivity contribution < 1.29 is 23.7 Å². The van der Waals surface area contributed by atoms with Gasteiger partial charge in [-0.05, 0) is 64.1 Å². The van der Waals surface area contributed by atoms with E-state index in [0.29, 0.717) is 47.8 Å². The Hall–Kier alpha value is -3.26. The van der Waals surface area contributed by atoms with Crippen LogP contribution in [0.25, 0.3) is 11.3 Å². The Morgan fingerprint density at radius 3 is 2.09 bits per heavy atom. The zero-order valence-corrected chi connectivity index (χ0v) is 19.8. The number of hydrogen-bond acceptors (Lipinski definition) is 7. The lowest BCUT2D eigenvalue weighted by molar-refractivity contribution is 0.102. The van der Waals surface area contributed by atoms with Crippen molar-refractivity contribution in [3.05, 3.63) is 46.8 Å². The van der Waals surface area contributed by atoms with Crippen LogP contribution in [0.4, 0.5) is 5.13 Å². The van der Waals surface area contributed by atoms with Crippen molar-refractivity contribution in [2.45, 2.75) is 27.7 Å². The molecule has 0 unspecified atom stereocenters. The molecule has 0 aliphatic rings. The second kappa shape index (κ2) is 10.9. The van der Waals surface area contributed by atoms with Crippen LogP contribution in [-0.2, 0) is 0 Å². The maximum atomic E-state index is 13.0. The summed E-state index contributed by atoms with van der Waals surface area (Å²) in [6.07, 6.45) is 0. The number of hydrogen-bond donors (Lipinski definition) is 1. The second-order valence-corrected chi connectivity index (χ2v) is 7.91. The van der Waals surface area contributed by atoms with Gasteiger partial charge in [-0.3, -0.25) is 10.1 Å². The van der Waals surface area contributed by atoms with Gasteiger partial charge in [-0.15, -0.1) is 11.3 Å². The Kier molecular flexibility index (Phi) is 7.94. The first kappa shape index (κ1) is 23.4. The maximum absolute atomic E-state index is 13.0. The number of methoxy groups -OCH3 is 1. The topological polar surface area (TPSA) is 78.9 Å². The van der Waals surface area contributed by atoms with E-state index >= 15 is 0 Å². The smallest absolute Gasteiger partial charge is 0.257 e. The van der Waals surface area contributed by atoms with E-state index in [-0.39, 0.29) is 5.91 Å². The number of aryl methyl sites for hydroxylation is 1. The highest BCUT2D eigenvalue weighted by atomic mass is 32.1. The van der Waals surface area contributed by atoms with Crippen LogP contribution in [0.5, 0.6) is 23.0 Å². The fourth-order valence-electron chi connectivity index (χ4n) is 3.16. The van der Waals surface area contributed by atoms with E-state index in [1.165, 1.54) is 11.3 Å². The van der Waals surface area contributed by atoms with Crippen molar-refractivity contribution in [1.82, 2.24) is 4.98 Å². The first-order valence-electron chi connectivity index (χ1n) is 10.5. The molecule has 7 nitrogen and oxygen atoms in total. The lowest BCUT2D eigenvalue weighted by atomic mass is 10.1. The normalized spacial score (nSPS) is 10.5. The third-order valence-electron chi connectivity index (χ3n) is 4.55. The highest BCUT2D eigenvalue weighted by Crippen LogP contribution is 2.39. The summed E-state index contributed by atoms with van der Waals surface area (Å²) in [5, 5.41) is 3.41. The minimum Gasteiger partial charge on any atom is -0.497 e. The van der Waals surface area contributed by atoms with E-state index in [1.807, 2.05) is 52.0 Å². The molecule has 0 spiro atoms. The SMILES string of the molecule is CCOc1cc(C(=O)Nc2nc(-c3ccc(OC)cc3)c(C)s2)cc(OCC)c1OCC. The van der Waals surface area contributed by atoms with E-state index in [2.05, 4.69) is 10.3 Å². The number of nitrogens with zero attached hydrogens (tertiary/aromatic N) is 1. The van der Waals surface area contributed by atoms with Crippen molar-refractivity contribution >= 4 is 22.4 Å². The third kappa shape index (κ3) is 5.31. The number of aromatic nitrogens is 1. The molecule has 0 saturated carbocycles. The summed E-state index contributed by atoms with van der Waals surface area (Å²) in [5.41, 5.74) is 2.18. The van der Waals surface area contributed by atoms with Gasteiger partial charge in [0, 0.05) is 16.0 Å². The van der Waals surface area contributed by atoms with Crippen LogP contribution in [0.15, 0.2) is 36.4 Å². The molecule has 0 aliphatic carbocycles. The number of ether oxygens (including phenoxy) is 4. The highest BCUT2D eigenvalue weighted by Gasteiger charge is 2.20. The number of rotatable bonds is 10. The first-order chi connectivity index (χ1) is 15.5. The van der Waals surface area contributed by atoms with Gasteiger partial charge in [-0.2, -0.15) is 0 Å². The van der Waals surface area contributed by atoms with E-state index in [1.54, 1.807) is 19.2 Å². The summed E-state index contributed by atoms with van der Waals surface area (Å²) in [5.74, 6) is 1.92. The van der Waals surface area contributed by atoms with Crippen LogP contribution < -0.4 is 24.3 Å². The monoisotopic (exact) mass is 456 g/mol. The molecular formula is C24H28N2O5S. The second-order valence-electron chi connectivity index (χ2n) is 6.71. The molecule has 32 heavy (non-hydrogen) atoms. The van der Waals surface area contributed by atoms with Crippen LogP contribution >= 0.6 is 11.3 Å². The van der Waals surface area contributed by atoms with Gasteiger partial charge < -0.3 is 18.9 Å². The zero-order chi connectivity index (χ0) is 23.1. The van der Waals surface area contributed by atoms with E-state index in [9.17, 15) is 4.79 Å². The Morgan fingerprint density at radius 2 is 1.56 bits per heavy atom. The number of nitrogens with one attached hydrogen (secondary N) is 1. The van der Waals surface area contributed by atoms with E-state index in [4.69, 9.17) is 18.9 Å². The lowest BCUT2D eigenvalue weighted by Gasteiger charge is -2.16. The Labute approximate surface area is 192 Å². The van der Waals surface area contributed by atoms with E-state index in [0.717, 1.165) is 21.9 Å². The molecule has 0 fully saturated rings. The molecule has 0 atom stereocenters. The number of carbonyl (C=O) groups is 1. The molecule has 3 aromatic rings. The van der Waals surface area contributed by atoms with Crippen molar-refractivity contribution in [2.24, 2.45) is 0 Å². The fourth-order valence-corrected chi connectivity index (χ4v) is 3.99. The summed E-state index contributed by atoms with van der Waals surface area (Å²) in [4.78, 5) is 18.6. The van der Waals surface area contributed by atoms with Crippen LogP contribution in [0.3, 0.4) is 0 Å². The fraction of sp³-hybridized carbons (Fsp3) is 0.333. The number of benzene rings is 2. The van der Waals surface area contributed by atoms with Gasteiger partial charge in [-0.1, -0.05) is 0 Å². The van der Waals surface area contributed by atoms with Crippen molar-refractivity contribution in [1.29, 1.82) is 0 Å². The predicted octanol–water partition coefficient (Wildman–Crippen LogP) is 5.58. The van der Waals surface area contributed by atoms with Gasteiger partial charge in [0.1, 0.15) is 5.75 Å². The quantitative estimate of drug-likeness (QED) is 0.429. The molecule has 0 saturated heterocycles. The molecule has 1 aromatic heterocycles. The first-order valence-corrected chi connectivity index (χ1v) is 11.3. The van der Waals surface area contributed by atoms with Crippen LogP contribution in [-0.4, -0.2) is 37.8 Å². The Balaban J connectivity index is 1.88. The molecule has 170 valence electrons. The van der Waals surface area contributed by atoms with Gasteiger partial charge in [-0.25, -0.2) is 4.98 Å². The van der Waals surface area contributed by atoms with Crippen LogP contribution in [0.1, 0.15) is 36.0 Å². The van der Waals surface area contributed by atoms with Gasteiger partial charge in [0.25, 0.3) is 5.91 Å². The predicted molar refractivity (Wildman–Crippen MR) is 127 cm³/mol. The summed E-state index contributed by atoms with van der Waals surface area (Å²) < 4.78 is 22.3. The Morgan fingerprint density at radius 1 is 0.969 bits per heavy atom. The van der Waals surface area contributed by atoms with Gasteiger partial charge in [0.05, 0.1) is 32.6 Å². The number of thiazole rings is 1. The minimum atomic E-state index is -0.301. The maximum Gasteiger partial charge on any atom is 0.257 e. The molecule has 3 rings (SSSR count). The summed E-state index contributed by atoms with van der Waals surface area (Å²) in [6, 6.07) is 11.0. The molecule has 1 amide bonds. The van der Waals surface area contributed by atoms with Gasteiger partial charge in [0.2, 0.25) is 5.75 Å². The summed E-state index contributed by atoms with van der Waals surface area (Å²) >= 11 is 1.42. The van der Waals surface area contributed by atoms with E-state index < -0.39 is 0 Å². The molecular weight excluding hydrogens is 428 g/mol. The number of anilines is 1. The standard InChI is InChI=1S/C24H28N2O5S/c1-6-29-19-13-17(14-20(30-7-2)22(19)31-8-3)23(27)26-24-25-21(15(4)32-24)16-9-11-18(28-5)12-10-16/h9-14H,6-8H2,1-5H3,(H,25,26,27). The molecule has 1 heterocycles. The number of carbonyl (C=O) groups excluding carboxylic acids is 1. The molecule has 0 bridgehead atoms. The van der Waals surface area contributed by atoms with Gasteiger partial charge in [0.15, 0.2) is 16.6 Å². The lowest BCUT2D eigenvalue weighted by Crippen LogP contribution is -2.13. The third-order valence-corrected chi connectivity index (χ3v) is 5.44. The molecule has 8 heteroatoms. The van der Waals surface area contributed by atoms with Crippen molar-refractivity contribution in [3.63, 3.8) is 0 Å². The molecule has 0 aliphatic heterocycles. The molecule has 1 N–H and O–H groups in total. The highest BCUT2D eigenvalue weighted by molar-refractivity contribution is 7.16. The van der Waals surface area contributed by atoms with Crippen LogP contribution in [0, 0.1) is 6.92 Å². The average molecular weight is 457 g/mol. The van der Waals surface area contributed by atoms with Crippen molar-refractivity contribution in [2.75, 3.05) is 32.2 Å². The minimum absolute atomic E-state index is 0.301. The van der Waals surface area contributed by atoms with Gasteiger partial charge >= 0.3 is 0 Å². The van der Waals surface area contributed by atoms with Crippen molar-refractivity contribution in [3.8, 4) is 34.3 Å². The molecule has 2 aromatic carbocycles. The van der Waals surface area contributed by atoms with Crippen LogP contribution in [0.2, 0.25) is 0 Å². The zero-order valence-electron chi connectivity index (χ0n) is 19.0. The summed E-state index contributed by atoms with van der Waals surface area (Å²) in [6.45, 7) is 8.95. The average Bonchev–Trinajstić information content (AvgIpc) is 3.15. The molecule has 0 radical (unpaired) electrons. The summed E-state index contributed by atoms with van der Waals surface area (Å²) in [7, 11) is 1.63. The Bertz CT molecular complexity index is 1040. The number of amides is 1. The largest absolute Gasteiger partial charge is 0.497 e.